The van der Waals surface area contributed by atoms with Crippen LogP contribution >= 0.6 is 0 Å². The first-order chi connectivity index (χ1) is 15.8. The van der Waals surface area contributed by atoms with Gasteiger partial charge in [-0.05, 0) is 28.8 Å². The quantitative estimate of drug-likeness (QED) is 0.395. The first-order valence-electron chi connectivity index (χ1n) is 10.8. The molecule has 7 heteroatoms. The molecule has 6 nitrogen and oxygen atoms in total. The van der Waals surface area contributed by atoms with Crippen LogP contribution in [-0.4, -0.2) is 13.0 Å². The second-order valence-electron chi connectivity index (χ2n) is 8.17. The van der Waals surface area contributed by atoms with E-state index in [1.807, 2.05) is 104 Å². The molecule has 4 rings (SSSR count). The molecule has 0 aliphatic heterocycles. The van der Waals surface area contributed by atoms with Crippen LogP contribution < -0.4 is 15.0 Å². The van der Waals surface area contributed by atoms with Gasteiger partial charge in [0.05, 0.1) is 24.0 Å². The molecular formula is C26H29N4O2S+. The Labute approximate surface area is 195 Å². The highest BCUT2D eigenvalue weighted by atomic mass is 32.2. The fourth-order valence-corrected chi connectivity index (χ4v) is 5.10. The molecule has 0 unspecified atom stereocenters. The number of hydrogen-bond acceptors (Lipinski definition) is 3. The first-order valence-corrected chi connectivity index (χ1v) is 12.3. The van der Waals surface area contributed by atoms with Crippen molar-refractivity contribution >= 4 is 10.0 Å². The summed E-state index contributed by atoms with van der Waals surface area (Å²) in [4.78, 5) is 0.210. The number of benzene rings is 3. The molecule has 1 aromatic heterocycles. The SMILES string of the molecule is Cc1n(Cc2ccc(S(=O)(=O)N[C@@H](c3ccccc3)[C@@H](N)c3ccccc3)cc2)cc[n+]1C. The van der Waals surface area contributed by atoms with Crippen LogP contribution in [0.2, 0.25) is 0 Å². The maximum atomic E-state index is 13.3. The molecule has 0 aliphatic rings. The van der Waals surface area contributed by atoms with Gasteiger partial charge in [-0.1, -0.05) is 72.8 Å². The molecule has 0 saturated carbocycles. The zero-order chi connectivity index (χ0) is 23.4. The maximum Gasteiger partial charge on any atom is 0.253 e. The molecule has 3 aromatic carbocycles. The van der Waals surface area contributed by atoms with E-state index >= 15 is 0 Å². The van der Waals surface area contributed by atoms with Gasteiger partial charge in [0.25, 0.3) is 5.82 Å². The summed E-state index contributed by atoms with van der Waals surface area (Å²) in [7, 11) is -1.80. The van der Waals surface area contributed by atoms with E-state index < -0.39 is 22.1 Å². The van der Waals surface area contributed by atoms with Gasteiger partial charge >= 0.3 is 0 Å². The first kappa shape index (κ1) is 22.9. The zero-order valence-electron chi connectivity index (χ0n) is 18.8. The topological polar surface area (TPSA) is 81.0 Å². The minimum absolute atomic E-state index is 0.210. The third-order valence-corrected chi connectivity index (χ3v) is 7.42. The molecule has 0 fully saturated rings. The van der Waals surface area contributed by atoms with Crippen molar-refractivity contribution in [1.82, 2.24) is 9.29 Å². The lowest BCUT2D eigenvalue weighted by Gasteiger charge is -2.26. The van der Waals surface area contributed by atoms with E-state index in [0.29, 0.717) is 6.54 Å². The summed E-state index contributed by atoms with van der Waals surface area (Å²) < 4.78 is 33.6. The Kier molecular flexibility index (Phi) is 6.74. The predicted molar refractivity (Wildman–Crippen MR) is 129 cm³/mol. The summed E-state index contributed by atoms with van der Waals surface area (Å²) in [6, 6.07) is 24.8. The normalized spacial score (nSPS) is 13.5. The number of rotatable bonds is 8. The molecule has 0 aliphatic carbocycles. The number of nitrogens with one attached hydrogen (secondary N) is 1. The van der Waals surface area contributed by atoms with Crippen molar-refractivity contribution in [2.45, 2.75) is 30.4 Å². The van der Waals surface area contributed by atoms with E-state index in [2.05, 4.69) is 9.29 Å². The van der Waals surface area contributed by atoms with E-state index in [1.54, 1.807) is 12.1 Å². The standard InChI is InChI=1S/C26H29N4O2S/c1-20-29(2)17-18-30(20)19-21-13-15-24(16-14-21)33(31,32)28-26(23-11-7-4-8-12-23)25(27)22-9-5-3-6-10-22/h3-18,25-26,28H,19,27H2,1-2H3/q+1/t25-,26-/m0/s1. The summed E-state index contributed by atoms with van der Waals surface area (Å²) in [6.07, 6.45) is 4.01. The number of imidazole rings is 1. The van der Waals surface area contributed by atoms with Gasteiger partial charge in [0.2, 0.25) is 10.0 Å². The van der Waals surface area contributed by atoms with Gasteiger partial charge in [0, 0.05) is 6.92 Å². The fourth-order valence-electron chi connectivity index (χ4n) is 3.85. The van der Waals surface area contributed by atoms with Crippen LogP contribution in [0.15, 0.2) is 102 Å². The number of aromatic nitrogens is 2. The lowest BCUT2D eigenvalue weighted by Crippen LogP contribution is -2.36. The summed E-state index contributed by atoms with van der Waals surface area (Å²) >= 11 is 0. The molecular weight excluding hydrogens is 432 g/mol. The van der Waals surface area contributed by atoms with Gasteiger partial charge in [0.15, 0.2) is 0 Å². The largest absolute Gasteiger partial charge is 0.322 e. The number of nitrogens with zero attached hydrogens (tertiary/aromatic N) is 2. The minimum Gasteiger partial charge on any atom is -0.322 e. The summed E-state index contributed by atoms with van der Waals surface area (Å²) in [5, 5.41) is 0. The average Bonchev–Trinajstić information content (AvgIpc) is 3.16. The van der Waals surface area contributed by atoms with Crippen LogP contribution in [0.5, 0.6) is 0 Å². The predicted octanol–water partition coefficient (Wildman–Crippen LogP) is 3.39. The third-order valence-electron chi connectivity index (χ3n) is 5.97. The molecule has 0 radical (unpaired) electrons. The number of sulfonamides is 1. The maximum absolute atomic E-state index is 13.3. The molecule has 4 aromatic rings. The van der Waals surface area contributed by atoms with Crippen molar-refractivity contribution in [3.05, 3.63) is 120 Å². The van der Waals surface area contributed by atoms with Crippen LogP contribution in [0.25, 0.3) is 0 Å². The van der Waals surface area contributed by atoms with Gasteiger partial charge in [0.1, 0.15) is 18.9 Å². The molecule has 2 atom stereocenters. The summed E-state index contributed by atoms with van der Waals surface area (Å²) in [5.74, 6) is 1.12. The molecule has 0 spiro atoms. The number of hydrogen-bond donors (Lipinski definition) is 2. The van der Waals surface area contributed by atoms with E-state index in [1.165, 1.54) is 0 Å². The Hall–Kier alpha value is -3.26. The third kappa shape index (κ3) is 5.22. The zero-order valence-corrected chi connectivity index (χ0v) is 19.6. The van der Waals surface area contributed by atoms with Crippen molar-refractivity contribution in [2.75, 3.05) is 0 Å². The highest BCUT2D eigenvalue weighted by Crippen LogP contribution is 2.28. The average molecular weight is 462 g/mol. The lowest BCUT2D eigenvalue weighted by molar-refractivity contribution is -0.677. The van der Waals surface area contributed by atoms with Crippen molar-refractivity contribution < 1.29 is 13.0 Å². The van der Waals surface area contributed by atoms with Crippen LogP contribution in [0, 0.1) is 6.92 Å². The van der Waals surface area contributed by atoms with Crippen molar-refractivity contribution in [3.63, 3.8) is 0 Å². The van der Waals surface area contributed by atoms with E-state index in [0.717, 1.165) is 22.5 Å². The van der Waals surface area contributed by atoms with E-state index in [9.17, 15) is 8.42 Å². The van der Waals surface area contributed by atoms with Gasteiger partial charge in [-0.15, -0.1) is 0 Å². The van der Waals surface area contributed by atoms with E-state index in [-0.39, 0.29) is 4.90 Å². The molecule has 0 saturated heterocycles. The van der Waals surface area contributed by atoms with Crippen LogP contribution in [-0.2, 0) is 23.6 Å². The van der Waals surface area contributed by atoms with Gasteiger partial charge in [-0.25, -0.2) is 22.3 Å². The number of aryl methyl sites for hydroxylation is 1. The monoisotopic (exact) mass is 461 g/mol. The summed E-state index contributed by atoms with van der Waals surface area (Å²) in [5.41, 5.74) is 9.24. The van der Waals surface area contributed by atoms with Crippen molar-refractivity contribution in [1.29, 1.82) is 0 Å². The molecule has 3 N–H and O–H groups in total. The lowest BCUT2D eigenvalue weighted by atomic mass is 9.95. The molecule has 0 amide bonds. The highest BCUT2D eigenvalue weighted by Gasteiger charge is 2.27. The Morgan fingerprint density at radius 3 is 2.03 bits per heavy atom. The van der Waals surface area contributed by atoms with E-state index in [4.69, 9.17) is 5.73 Å². The number of nitrogens with two attached hydrogens (primary N) is 1. The highest BCUT2D eigenvalue weighted by molar-refractivity contribution is 7.89. The Morgan fingerprint density at radius 1 is 0.909 bits per heavy atom. The molecule has 170 valence electrons. The van der Waals surface area contributed by atoms with Crippen molar-refractivity contribution in [3.8, 4) is 0 Å². The van der Waals surface area contributed by atoms with Gasteiger partial charge in [-0.2, -0.15) is 0 Å². The molecule has 33 heavy (non-hydrogen) atoms. The fraction of sp³-hybridized carbons (Fsp3) is 0.192. The van der Waals surface area contributed by atoms with Crippen LogP contribution in [0.4, 0.5) is 0 Å². The second kappa shape index (κ2) is 9.70. The molecule has 1 heterocycles. The Morgan fingerprint density at radius 2 is 1.48 bits per heavy atom. The minimum atomic E-state index is -3.80. The van der Waals surface area contributed by atoms with Crippen LogP contribution in [0.3, 0.4) is 0 Å². The van der Waals surface area contributed by atoms with Crippen LogP contribution in [0.1, 0.15) is 34.6 Å². The Bertz CT molecular complexity index is 1300. The molecule has 0 bridgehead atoms. The van der Waals surface area contributed by atoms with Gasteiger partial charge < -0.3 is 5.73 Å². The van der Waals surface area contributed by atoms with Gasteiger partial charge in [-0.3, -0.25) is 0 Å². The summed E-state index contributed by atoms with van der Waals surface area (Å²) in [6.45, 7) is 2.72. The van der Waals surface area contributed by atoms with Crippen molar-refractivity contribution in [2.24, 2.45) is 12.8 Å². The second-order valence-corrected chi connectivity index (χ2v) is 9.89. The Balaban J connectivity index is 1.58. The smallest absolute Gasteiger partial charge is 0.253 e.